The van der Waals surface area contributed by atoms with Gasteiger partial charge in [-0.15, -0.1) is 0 Å². The fraction of sp³-hybridized carbons (Fsp3) is 0.158. The molecule has 0 bridgehead atoms. The van der Waals surface area contributed by atoms with Crippen molar-refractivity contribution in [1.29, 1.82) is 0 Å². The van der Waals surface area contributed by atoms with Crippen molar-refractivity contribution in [2.24, 2.45) is 0 Å². The zero-order valence-electron chi connectivity index (χ0n) is 14.7. The lowest BCUT2D eigenvalue weighted by atomic mass is 10.2. The number of aryl methyl sites for hydroxylation is 1. The fourth-order valence-corrected chi connectivity index (χ4v) is 2.60. The lowest BCUT2D eigenvalue weighted by Gasteiger charge is -2.14. The van der Waals surface area contributed by atoms with E-state index in [1.807, 2.05) is 49.4 Å². The van der Waals surface area contributed by atoms with E-state index in [2.05, 4.69) is 20.6 Å². The van der Waals surface area contributed by atoms with E-state index in [0.717, 1.165) is 17.1 Å². The molecule has 7 heteroatoms. The Hall–Kier alpha value is -2.99. The van der Waals surface area contributed by atoms with Crippen LogP contribution in [0.15, 0.2) is 48.5 Å². The molecule has 0 aliphatic rings. The number of para-hydroxylation sites is 1. The molecule has 0 aliphatic carbocycles. The summed E-state index contributed by atoms with van der Waals surface area (Å²) >= 11 is 6.19. The molecule has 134 valence electrons. The van der Waals surface area contributed by atoms with Gasteiger partial charge in [0.15, 0.2) is 0 Å². The van der Waals surface area contributed by atoms with Gasteiger partial charge in [-0.05, 0) is 31.2 Å². The number of aromatic nitrogens is 2. The number of hydrogen-bond donors (Lipinski definition) is 2. The molecular weight excluding hydrogens is 352 g/mol. The second kappa shape index (κ2) is 7.93. The Morgan fingerprint density at radius 2 is 1.69 bits per heavy atom. The van der Waals surface area contributed by atoms with Crippen molar-refractivity contribution in [2.75, 3.05) is 24.9 Å². The van der Waals surface area contributed by atoms with Crippen LogP contribution in [0.5, 0.6) is 11.5 Å². The summed E-state index contributed by atoms with van der Waals surface area (Å²) in [6, 6.07) is 14.8. The van der Waals surface area contributed by atoms with Gasteiger partial charge in [-0.1, -0.05) is 23.7 Å². The van der Waals surface area contributed by atoms with Gasteiger partial charge in [-0.25, -0.2) is 4.98 Å². The van der Waals surface area contributed by atoms with Crippen molar-refractivity contribution >= 4 is 34.7 Å². The van der Waals surface area contributed by atoms with Gasteiger partial charge in [0.2, 0.25) is 5.95 Å². The summed E-state index contributed by atoms with van der Waals surface area (Å²) in [5.41, 5.74) is 2.29. The Labute approximate surface area is 157 Å². The summed E-state index contributed by atoms with van der Waals surface area (Å²) in [7, 11) is 3.23. The van der Waals surface area contributed by atoms with Gasteiger partial charge in [-0.3, -0.25) is 0 Å². The summed E-state index contributed by atoms with van der Waals surface area (Å²) in [5.74, 6) is 2.47. The van der Waals surface area contributed by atoms with Gasteiger partial charge in [0.1, 0.15) is 17.3 Å². The van der Waals surface area contributed by atoms with E-state index >= 15 is 0 Å². The average molecular weight is 371 g/mol. The molecule has 1 aromatic heterocycles. The largest absolute Gasteiger partial charge is 0.497 e. The summed E-state index contributed by atoms with van der Waals surface area (Å²) in [5, 5.41) is 6.99. The third-order valence-corrected chi connectivity index (χ3v) is 3.97. The zero-order chi connectivity index (χ0) is 18.5. The molecule has 0 amide bonds. The van der Waals surface area contributed by atoms with E-state index in [1.54, 1.807) is 20.3 Å². The minimum Gasteiger partial charge on any atom is -0.497 e. The Morgan fingerprint density at radius 3 is 2.42 bits per heavy atom. The highest BCUT2D eigenvalue weighted by molar-refractivity contribution is 6.33. The average Bonchev–Trinajstić information content (AvgIpc) is 2.63. The second-order valence-electron chi connectivity index (χ2n) is 5.51. The van der Waals surface area contributed by atoms with Crippen LogP contribution >= 0.6 is 11.6 Å². The normalized spacial score (nSPS) is 10.3. The van der Waals surface area contributed by atoms with E-state index in [1.165, 1.54) is 0 Å². The second-order valence-corrected chi connectivity index (χ2v) is 5.92. The van der Waals surface area contributed by atoms with E-state index in [4.69, 9.17) is 21.1 Å². The highest BCUT2D eigenvalue weighted by atomic mass is 35.5. The van der Waals surface area contributed by atoms with Crippen LogP contribution in [0.1, 0.15) is 5.69 Å². The van der Waals surface area contributed by atoms with E-state index in [-0.39, 0.29) is 0 Å². The van der Waals surface area contributed by atoms with Crippen molar-refractivity contribution in [3.05, 3.63) is 59.2 Å². The van der Waals surface area contributed by atoms with Crippen LogP contribution in [0.3, 0.4) is 0 Å². The number of ether oxygens (including phenoxy) is 2. The molecule has 2 aromatic carbocycles. The maximum atomic E-state index is 6.19. The molecule has 26 heavy (non-hydrogen) atoms. The van der Waals surface area contributed by atoms with Crippen molar-refractivity contribution in [1.82, 2.24) is 9.97 Å². The lowest BCUT2D eigenvalue weighted by Crippen LogP contribution is -2.03. The summed E-state index contributed by atoms with van der Waals surface area (Å²) in [6.45, 7) is 1.90. The van der Waals surface area contributed by atoms with Crippen molar-refractivity contribution in [3.8, 4) is 11.5 Å². The minimum atomic E-state index is 0.447. The van der Waals surface area contributed by atoms with Gasteiger partial charge in [0.05, 0.1) is 30.6 Å². The standard InChI is InChI=1S/C19H19ClN4O2/c1-12-10-18(22-16-11-13(25-2)8-9-17(16)26-3)24-19(21-12)23-15-7-5-4-6-14(15)20/h4-11H,1-3H3,(H2,21,22,23,24). The molecule has 0 saturated carbocycles. The number of nitrogens with one attached hydrogen (secondary N) is 2. The number of halogens is 1. The van der Waals surface area contributed by atoms with Crippen LogP contribution < -0.4 is 20.1 Å². The molecule has 0 radical (unpaired) electrons. The Kier molecular flexibility index (Phi) is 5.43. The van der Waals surface area contributed by atoms with Crippen LogP contribution in [0.2, 0.25) is 5.02 Å². The van der Waals surface area contributed by atoms with Gasteiger partial charge >= 0.3 is 0 Å². The maximum Gasteiger partial charge on any atom is 0.229 e. The third kappa shape index (κ3) is 4.15. The predicted molar refractivity (Wildman–Crippen MR) is 104 cm³/mol. The molecule has 2 N–H and O–H groups in total. The molecule has 0 aliphatic heterocycles. The molecule has 6 nitrogen and oxygen atoms in total. The first kappa shape index (κ1) is 17.8. The maximum absolute atomic E-state index is 6.19. The Morgan fingerprint density at radius 1 is 0.885 bits per heavy atom. The molecule has 3 aromatic rings. The Bertz CT molecular complexity index is 918. The number of nitrogens with zero attached hydrogens (tertiary/aromatic N) is 2. The van der Waals surface area contributed by atoms with Crippen LogP contribution in [0.4, 0.5) is 23.1 Å². The first-order valence-corrected chi connectivity index (χ1v) is 8.33. The van der Waals surface area contributed by atoms with Crippen LogP contribution in [0.25, 0.3) is 0 Å². The van der Waals surface area contributed by atoms with Crippen molar-refractivity contribution in [3.63, 3.8) is 0 Å². The molecule has 0 spiro atoms. The van der Waals surface area contributed by atoms with Gasteiger partial charge < -0.3 is 20.1 Å². The van der Waals surface area contributed by atoms with Crippen LogP contribution in [-0.4, -0.2) is 24.2 Å². The number of rotatable bonds is 6. The van der Waals surface area contributed by atoms with Crippen LogP contribution in [0, 0.1) is 6.92 Å². The van der Waals surface area contributed by atoms with Crippen LogP contribution in [-0.2, 0) is 0 Å². The summed E-state index contributed by atoms with van der Waals surface area (Å²) in [4.78, 5) is 8.92. The quantitative estimate of drug-likeness (QED) is 0.640. The molecule has 0 unspecified atom stereocenters. The monoisotopic (exact) mass is 370 g/mol. The SMILES string of the molecule is COc1ccc(OC)c(Nc2cc(C)nc(Nc3ccccc3Cl)n2)c1. The first-order valence-electron chi connectivity index (χ1n) is 7.95. The summed E-state index contributed by atoms with van der Waals surface area (Å²) in [6.07, 6.45) is 0. The molecule has 0 saturated heterocycles. The van der Waals surface area contributed by atoms with E-state index in [9.17, 15) is 0 Å². The molecule has 0 atom stereocenters. The fourth-order valence-electron chi connectivity index (χ4n) is 2.42. The Balaban J connectivity index is 1.90. The molecular formula is C19H19ClN4O2. The van der Waals surface area contributed by atoms with Crippen molar-refractivity contribution in [2.45, 2.75) is 6.92 Å². The van der Waals surface area contributed by atoms with E-state index in [0.29, 0.717) is 28.3 Å². The van der Waals surface area contributed by atoms with Gasteiger partial charge in [0, 0.05) is 17.8 Å². The van der Waals surface area contributed by atoms with Crippen molar-refractivity contribution < 1.29 is 9.47 Å². The molecule has 0 fully saturated rings. The smallest absolute Gasteiger partial charge is 0.229 e. The van der Waals surface area contributed by atoms with Gasteiger partial charge in [-0.2, -0.15) is 4.98 Å². The zero-order valence-corrected chi connectivity index (χ0v) is 15.5. The number of methoxy groups -OCH3 is 2. The summed E-state index contributed by atoms with van der Waals surface area (Å²) < 4.78 is 10.7. The first-order chi connectivity index (χ1) is 12.6. The highest BCUT2D eigenvalue weighted by Crippen LogP contribution is 2.31. The molecule has 3 rings (SSSR count). The number of anilines is 4. The molecule has 1 heterocycles. The number of benzene rings is 2. The lowest BCUT2D eigenvalue weighted by molar-refractivity contribution is 0.405. The minimum absolute atomic E-state index is 0.447. The number of hydrogen-bond acceptors (Lipinski definition) is 6. The highest BCUT2D eigenvalue weighted by Gasteiger charge is 2.09. The predicted octanol–water partition coefficient (Wildman–Crippen LogP) is 4.94. The van der Waals surface area contributed by atoms with E-state index < -0.39 is 0 Å². The topological polar surface area (TPSA) is 68.3 Å². The third-order valence-electron chi connectivity index (χ3n) is 3.64. The van der Waals surface area contributed by atoms with Gasteiger partial charge in [0.25, 0.3) is 0 Å².